The summed E-state index contributed by atoms with van der Waals surface area (Å²) in [7, 11) is -0.885. The minimum absolute atomic E-state index is 0.128. The van der Waals surface area contributed by atoms with E-state index in [2.05, 4.69) is 5.32 Å². The van der Waals surface area contributed by atoms with Crippen molar-refractivity contribution in [3.63, 3.8) is 0 Å². The maximum absolute atomic E-state index is 13.6. The van der Waals surface area contributed by atoms with E-state index >= 15 is 0 Å². The largest absolute Gasteiger partial charge is 0.493 e. The Kier molecular flexibility index (Phi) is 8.07. The van der Waals surface area contributed by atoms with Gasteiger partial charge < -0.3 is 14.8 Å². The van der Waals surface area contributed by atoms with E-state index in [1.165, 1.54) is 0 Å². The Balaban J connectivity index is 1.91. The highest BCUT2D eigenvalue weighted by Gasteiger charge is 2.28. The summed E-state index contributed by atoms with van der Waals surface area (Å²) in [6.07, 6.45) is 0. The van der Waals surface area contributed by atoms with Crippen LogP contribution < -0.4 is 19.1 Å². The Morgan fingerprint density at radius 2 is 1.46 bits per heavy atom. The molecule has 0 heterocycles. The zero-order chi connectivity index (χ0) is 25.8. The van der Waals surface area contributed by atoms with Gasteiger partial charge in [-0.05, 0) is 80.8 Å². The Bertz CT molecular complexity index is 1280. The number of ether oxygens (including phenoxy) is 2. The number of amides is 1. The monoisotopic (exact) mass is 496 g/mol. The summed E-state index contributed by atoms with van der Waals surface area (Å²) in [6.45, 7) is 7.14. The Morgan fingerprint density at radius 1 is 0.857 bits per heavy atom. The Morgan fingerprint density at radius 3 is 2.03 bits per heavy atom. The molecular formula is C27H32N2O5S. The first-order valence-electron chi connectivity index (χ1n) is 11.2. The van der Waals surface area contributed by atoms with Crippen LogP contribution in [0.25, 0.3) is 0 Å². The number of nitrogens with zero attached hydrogens (tertiary/aromatic N) is 1. The van der Waals surface area contributed by atoms with Gasteiger partial charge in [0.1, 0.15) is 6.54 Å². The minimum Gasteiger partial charge on any atom is -0.493 e. The molecule has 8 heteroatoms. The number of sulfonamides is 1. The Hall–Kier alpha value is -3.52. The highest BCUT2D eigenvalue weighted by molar-refractivity contribution is 7.92. The molecule has 3 aromatic carbocycles. The van der Waals surface area contributed by atoms with Gasteiger partial charge in [0, 0.05) is 0 Å². The summed E-state index contributed by atoms with van der Waals surface area (Å²) in [5.41, 5.74) is 4.00. The summed E-state index contributed by atoms with van der Waals surface area (Å²) in [6, 6.07) is 17.1. The normalized spacial score (nSPS) is 12.1. The molecular weight excluding hydrogens is 464 g/mol. The van der Waals surface area contributed by atoms with Crippen molar-refractivity contribution in [2.24, 2.45) is 0 Å². The van der Waals surface area contributed by atoms with Crippen molar-refractivity contribution in [3.05, 3.63) is 82.9 Å². The van der Waals surface area contributed by atoms with Crippen LogP contribution in [0.3, 0.4) is 0 Å². The maximum atomic E-state index is 13.6. The fraction of sp³-hybridized carbons (Fsp3) is 0.296. The summed E-state index contributed by atoms with van der Waals surface area (Å²) in [5.74, 6) is 0.701. The number of anilines is 1. The number of benzene rings is 3. The van der Waals surface area contributed by atoms with Crippen molar-refractivity contribution in [3.8, 4) is 11.5 Å². The van der Waals surface area contributed by atoms with E-state index in [1.807, 2.05) is 39.8 Å². The first-order valence-corrected chi connectivity index (χ1v) is 12.7. The van der Waals surface area contributed by atoms with Crippen molar-refractivity contribution in [1.82, 2.24) is 5.32 Å². The van der Waals surface area contributed by atoms with Gasteiger partial charge in [-0.3, -0.25) is 9.10 Å². The number of carbonyl (C=O) groups excluding carboxylic acids is 1. The highest BCUT2D eigenvalue weighted by Crippen LogP contribution is 2.30. The van der Waals surface area contributed by atoms with Gasteiger partial charge in [0.2, 0.25) is 5.91 Å². The van der Waals surface area contributed by atoms with E-state index in [-0.39, 0.29) is 17.5 Å². The first-order chi connectivity index (χ1) is 16.5. The van der Waals surface area contributed by atoms with Gasteiger partial charge in [0.15, 0.2) is 11.5 Å². The van der Waals surface area contributed by atoms with Crippen LogP contribution >= 0.6 is 0 Å². The van der Waals surface area contributed by atoms with Crippen LogP contribution in [0, 0.1) is 20.8 Å². The molecule has 1 amide bonds. The molecule has 0 aromatic heterocycles. The molecule has 7 nitrogen and oxygen atoms in total. The van der Waals surface area contributed by atoms with Crippen LogP contribution in [0.1, 0.15) is 35.2 Å². The molecule has 0 aliphatic heterocycles. The van der Waals surface area contributed by atoms with Crippen molar-refractivity contribution in [2.75, 3.05) is 25.1 Å². The van der Waals surface area contributed by atoms with Crippen molar-refractivity contribution in [2.45, 2.75) is 38.6 Å². The van der Waals surface area contributed by atoms with E-state index in [9.17, 15) is 13.2 Å². The van der Waals surface area contributed by atoms with Gasteiger partial charge in [-0.2, -0.15) is 0 Å². The second-order valence-electron chi connectivity index (χ2n) is 8.57. The van der Waals surface area contributed by atoms with E-state index in [4.69, 9.17) is 9.47 Å². The second kappa shape index (κ2) is 10.8. The fourth-order valence-electron chi connectivity index (χ4n) is 3.87. The molecule has 3 rings (SSSR count). The number of hydrogen-bond acceptors (Lipinski definition) is 5. The number of rotatable bonds is 9. The average molecular weight is 497 g/mol. The topological polar surface area (TPSA) is 84.9 Å². The van der Waals surface area contributed by atoms with Crippen LogP contribution in [-0.2, 0) is 14.8 Å². The quantitative estimate of drug-likeness (QED) is 0.464. The van der Waals surface area contributed by atoms with Gasteiger partial charge >= 0.3 is 0 Å². The van der Waals surface area contributed by atoms with Crippen LogP contribution in [-0.4, -0.2) is 35.1 Å². The van der Waals surface area contributed by atoms with E-state index in [0.29, 0.717) is 17.2 Å². The summed E-state index contributed by atoms with van der Waals surface area (Å²) in [4.78, 5) is 13.2. The molecule has 0 fully saturated rings. The second-order valence-corrected chi connectivity index (χ2v) is 10.4. The van der Waals surface area contributed by atoms with Crippen LogP contribution in [0.5, 0.6) is 11.5 Å². The summed E-state index contributed by atoms with van der Waals surface area (Å²) < 4.78 is 39.0. The molecule has 0 radical (unpaired) electrons. The molecule has 0 aliphatic carbocycles. The summed E-state index contributed by atoms with van der Waals surface area (Å²) >= 11 is 0. The lowest BCUT2D eigenvalue weighted by Crippen LogP contribution is -2.41. The van der Waals surface area contributed by atoms with Crippen molar-refractivity contribution >= 4 is 21.6 Å². The molecule has 35 heavy (non-hydrogen) atoms. The molecule has 3 aromatic rings. The van der Waals surface area contributed by atoms with Crippen molar-refractivity contribution < 1.29 is 22.7 Å². The average Bonchev–Trinajstić information content (AvgIpc) is 2.81. The first kappa shape index (κ1) is 26.1. The van der Waals surface area contributed by atoms with Gasteiger partial charge in [-0.25, -0.2) is 8.42 Å². The minimum atomic E-state index is -3.98. The molecule has 0 saturated heterocycles. The number of carbonyl (C=O) groups is 1. The molecule has 0 saturated carbocycles. The SMILES string of the molecule is COc1ccc(C(C)NC(=O)CN(c2cc(C)cc(C)c2)S(=O)(=O)c2ccc(C)cc2)cc1OC. The number of nitrogens with one attached hydrogen (secondary N) is 1. The molecule has 186 valence electrons. The predicted octanol–water partition coefficient (Wildman–Crippen LogP) is 4.70. The highest BCUT2D eigenvalue weighted by atomic mass is 32.2. The zero-order valence-electron chi connectivity index (χ0n) is 21.0. The van der Waals surface area contributed by atoms with E-state index in [0.717, 1.165) is 26.6 Å². The lowest BCUT2D eigenvalue weighted by molar-refractivity contribution is -0.120. The van der Waals surface area contributed by atoms with E-state index < -0.39 is 15.9 Å². The molecule has 1 N–H and O–H groups in total. The predicted molar refractivity (Wildman–Crippen MR) is 138 cm³/mol. The van der Waals surface area contributed by atoms with Crippen LogP contribution in [0.4, 0.5) is 5.69 Å². The number of hydrogen-bond donors (Lipinski definition) is 1. The fourth-order valence-corrected chi connectivity index (χ4v) is 5.27. The molecule has 0 aliphatic rings. The van der Waals surface area contributed by atoms with Gasteiger partial charge in [-0.15, -0.1) is 0 Å². The lowest BCUT2D eigenvalue weighted by atomic mass is 10.1. The molecule has 1 unspecified atom stereocenters. The van der Waals surface area contributed by atoms with E-state index in [1.54, 1.807) is 62.8 Å². The number of methoxy groups -OCH3 is 2. The molecule has 0 spiro atoms. The third-order valence-electron chi connectivity index (χ3n) is 5.68. The molecule has 1 atom stereocenters. The smallest absolute Gasteiger partial charge is 0.264 e. The Labute approximate surface area is 207 Å². The standard InChI is InChI=1S/C27H32N2O5S/c1-18-7-10-24(11-8-18)35(31,32)29(23-14-19(2)13-20(3)15-23)17-27(30)28-21(4)22-9-12-25(33-5)26(16-22)34-6/h7-16,21H,17H2,1-6H3,(H,28,30). The van der Waals surface area contributed by atoms with Gasteiger partial charge in [0.25, 0.3) is 10.0 Å². The third kappa shape index (κ3) is 6.14. The zero-order valence-corrected chi connectivity index (χ0v) is 21.8. The third-order valence-corrected chi connectivity index (χ3v) is 7.46. The summed E-state index contributed by atoms with van der Waals surface area (Å²) in [5, 5.41) is 2.91. The lowest BCUT2D eigenvalue weighted by Gasteiger charge is -2.26. The van der Waals surface area contributed by atoms with Gasteiger partial charge in [-0.1, -0.05) is 29.8 Å². The van der Waals surface area contributed by atoms with Crippen molar-refractivity contribution in [1.29, 1.82) is 0 Å². The molecule has 0 bridgehead atoms. The van der Waals surface area contributed by atoms with Crippen LogP contribution in [0.2, 0.25) is 0 Å². The van der Waals surface area contributed by atoms with Gasteiger partial charge in [0.05, 0.1) is 30.8 Å². The maximum Gasteiger partial charge on any atom is 0.264 e. The van der Waals surface area contributed by atoms with Crippen LogP contribution in [0.15, 0.2) is 65.6 Å². The number of aryl methyl sites for hydroxylation is 3.